The highest BCUT2D eigenvalue weighted by molar-refractivity contribution is 8.00. The zero-order chi connectivity index (χ0) is 19.1. The number of aryl methyl sites for hydroxylation is 1. The summed E-state index contributed by atoms with van der Waals surface area (Å²) < 4.78 is 4.90. The van der Waals surface area contributed by atoms with Crippen LogP contribution in [0.2, 0.25) is 0 Å². The topological polar surface area (TPSA) is 107 Å². The number of hydrogen-bond donors (Lipinski definition) is 2. The maximum Gasteiger partial charge on any atom is 0.343 e. The van der Waals surface area contributed by atoms with Crippen molar-refractivity contribution in [3.05, 3.63) is 41.6 Å². The molecule has 0 aliphatic carbocycles. The molecule has 1 amide bonds. The number of thioether (sulfide) groups is 1. The minimum Gasteiger partial charge on any atom is -0.462 e. The molecule has 1 aromatic carbocycles. The van der Waals surface area contributed by atoms with Gasteiger partial charge in [0.1, 0.15) is 11.4 Å². The highest BCUT2D eigenvalue weighted by Gasteiger charge is 2.21. The van der Waals surface area contributed by atoms with Crippen molar-refractivity contribution < 1.29 is 14.3 Å². The van der Waals surface area contributed by atoms with Crippen molar-refractivity contribution in [1.29, 1.82) is 0 Å². The molecule has 7 nitrogen and oxygen atoms in total. The van der Waals surface area contributed by atoms with Crippen LogP contribution in [-0.4, -0.2) is 33.7 Å². The smallest absolute Gasteiger partial charge is 0.343 e. The molecule has 2 rings (SSSR count). The van der Waals surface area contributed by atoms with Crippen molar-refractivity contribution in [3.8, 4) is 0 Å². The molecule has 0 aliphatic heterocycles. The fourth-order valence-corrected chi connectivity index (χ4v) is 3.03. The van der Waals surface area contributed by atoms with Crippen LogP contribution in [0.25, 0.3) is 0 Å². The molecule has 0 radical (unpaired) electrons. The Morgan fingerprint density at radius 2 is 2.04 bits per heavy atom. The van der Waals surface area contributed by atoms with E-state index in [1.807, 2.05) is 38.1 Å². The molecular formula is C18H22N4O3S. The van der Waals surface area contributed by atoms with Gasteiger partial charge in [-0.1, -0.05) is 36.9 Å². The summed E-state index contributed by atoms with van der Waals surface area (Å²) in [6.07, 6.45) is 1.92. The molecule has 3 N–H and O–H groups in total. The SMILES string of the molecule is CCOC(=O)c1cnc(S[C@H](CC)C(=O)Nc2ccccc2C)nc1N. The summed E-state index contributed by atoms with van der Waals surface area (Å²) in [5.74, 6) is -0.663. The lowest BCUT2D eigenvalue weighted by atomic mass is 10.2. The highest BCUT2D eigenvalue weighted by Crippen LogP contribution is 2.25. The second kappa shape index (κ2) is 9.19. The van der Waals surface area contributed by atoms with E-state index < -0.39 is 5.97 Å². The number of hydrogen-bond acceptors (Lipinski definition) is 7. The van der Waals surface area contributed by atoms with E-state index in [0.717, 1.165) is 11.3 Å². The Bertz CT molecular complexity index is 798. The van der Waals surface area contributed by atoms with Gasteiger partial charge in [0.05, 0.1) is 11.9 Å². The summed E-state index contributed by atoms with van der Waals surface area (Å²) in [5.41, 5.74) is 7.70. The van der Waals surface area contributed by atoms with Gasteiger partial charge in [-0.15, -0.1) is 0 Å². The van der Waals surface area contributed by atoms with Crippen molar-refractivity contribution >= 4 is 35.1 Å². The molecular weight excluding hydrogens is 352 g/mol. The lowest BCUT2D eigenvalue weighted by molar-refractivity contribution is -0.115. The van der Waals surface area contributed by atoms with Gasteiger partial charge in [-0.05, 0) is 31.9 Å². The number of nitrogen functional groups attached to an aromatic ring is 1. The van der Waals surface area contributed by atoms with Gasteiger partial charge in [0.2, 0.25) is 5.91 Å². The molecule has 26 heavy (non-hydrogen) atoms. The third-order valence-corrected chi connectivity index (χ3v) is 4.84. The number of nitrogens with zero attached hydrogens (tertiary/aromatic N) is 2. The number of nitrogens with two attached hydrogens (primary N) is 1. The van der Waals surface area contributed by atoms with Crippen molar-refractivity contribution in [2.24, 2.45) is 0 Å². The maximum atomic E-state index is 12.6. The second-order valence-electron chi connectivity index (χ2n) is 5.49. The first-order chi connectivity index (χ1) is 12.5. The van der Waals surface area contributed by atoms with E-state index in [4.69, 9.17) is 10.5 Å². The summed E-state index contributed by atoms with van der Waals surface area (Å²) in [5, 5.41) is 2.87. The molecule has 0 aliphatic rings. The molecule has 0 unspecified atom stereocenters. The van der Waals surface area contributed by atoms with E-state index in [1.165, 1.54) is 18.0 Å². The van der Waals surface area contributed by atoms with Crippen LogP contribution in [0.3, 0.4) is 0 Å². The molecule has 138 valence electrons. The number of rotatable bonds is 7. The molecule has 0 spiro atoms. The summed E-state index contributed by atoms with van der Waals surface area (Å²) in [7, 11) is 0. The molecule has 1 atom stereocenters. The highest BCUT2D eigenvalue weighted by atomic mass is 32.2. The third kappa shape index (κ3) is 4.95. The van der Waals surface area contributed by atoms with Gasteiger partial charge in [0.15, 0.2) is 5.16 Å². The molecule has 8 heteroatoms. The Labute approximate surface area is 156 Å². The van der Waals surface area contributed by atoms with Crippen molar-refractivity contribution in [3.63, 3.8) is 0 Å². The van der Waals surface area contributed by atoms with Gasteiger partial charge in [-0.2, -0.15) is 0 Å². The zero-order valence-corrected chi connectivity index (χ0v) is 15.8. The number of esters is 1. The Morgan fingerprint density at radius 3 is 2.65 bits per heavy atom. The van der Waals surface area contributed by atoms with Gasteiger partial charge < -0.3 is 15.8 Å². The quantitative estimate of drug-likeness (QED) is 0.436. The van der Waals surface area contributed by atoms with Gasteiger partial charge >= 0.3 is 5.97 Å². The number of benzene rings is 1. The molecule has 0 saturated carbocycles. The zero-order valence-electron chi connectivity index (χ0n) is 15.0. The van der Waals surface area contributed by atoms with Crippen LogP contribution in [0.1, 0.15) is 36.2 Å². The maximum absolute atomic E-state index is 12.6. The summed E-state index contributed by atoms with van der Waals surface area (Å²) in [4.78, 5) is 32.5. The average Bonchev–Trinajstić information content (AvgIpc) is 2.61. The average molecular weight is 374 g/mol. The molecule has 0 bridgehead atoms. The van der Waals surface area contributed by atoms with Gasteiger partial charge in [0, 0.05) is 11.9 Å². The van der Waals surface area contributed by atoms with Gasteiger partial charge in [-0.25, -0.2) is 14.8 Å². The van der Waals surface area contributed by atoms with Crippen LogP contribution in [0, 0.1) is 6.92 Å². The fourth-order valence-electron chi connectivity index (χ4n) is 2.18. The van der Waals surface area contributed by atoms with E-state index in [1.54, 1.807) is 6.92 Å². The summed E-state index contributed by atoms with van der Waals surface area (Å²) in [6.45, 7) is 5.79. The first-order valence-corrected chi connectivity index (χ1v) is 9.17. The molecule has 1 heterocycles. The molecule has 1 aromatic heterocycles. The molecule has 2 aromatic rings. The Morgan fingerprint density at radius 1 is 1.31 bits per heavy atom. The number of amides is 1. The fraction of sp³-hybridized carbons (Fsp3) is 0.333. The first kappa shape index (κ1) is 19.7. The number of carbonyl (C=O) groups excluding carboxylic acids is 2. The van der Waals surface area contributed by atoms with E-state index in [9.17, 15) is 9.59 Å². The van der Waals surface area contributed by atoms with Crippen LogP contribution in [0.15, 0.2) is 35.6 Å². The van der Waals surface area contributed by atoms with Crippen molar-refractivity contribution in [1.82, 2.24) is 9.97 Å². The normalized spacial score (nSPS) is 11.7. The number of aromatic nitrogens is 2. The number of para-hydroxylation sites is 1. The summed E-state index contributed by atoms with van der Waals surface area (Å²) >= 11 is 1.20. The van der Waals surface area contributed by atoms with E-state index in [0.29, 0.717) is 11.6 Å². The Balaban J connectivity index is 2.09. The number of carbonyl (C=O) groups is 2. The third-order valence-electron chi connectivity index (χ3n) is 3.61. The van der Waals surface area contributed by atoms with Gasteiger partial charge in [-0.3, -0.25) is 4.79 Å². The number of nitrogens with one attached hydrogen (secondary N) is 1. The largest absolute Gasteiger partial charge is 0.462 e. The van der Waals surface area contributed by atoms with Gasteiger partial charge in [0.25, 0.3) is 0 Å². The molecule has 0 saturated heterocycles. The van der Waals surface area contributed by atoms with E-state index in [2.05, 4.69) is 15.3 Å². The van der Waals surface area contributed by atoms with E-state index >= 15 is 0 Å². The predicted octanol–water partition coefficient (Wildman–Crippen LogP) is 3.05. The Hall–Kier alpha value is -2.61. The van der Waals surface area contributed by atoms with Crippen molar-refractivity contribution in [2.75, 3.05) is 17.7 Å². The van der Waals surface area contributed by atoms with Crippen LogP contribution >= 0.6 is 11.8 Å². The molecule has 0 fully saturated rings. The minimum absolute atomic E-state index is 0.0371. The predicted molar refractivity (Wildman–Crippen MR) is 102 cm³/mol. The number of ether oxygens (including phenoxy) is 1. The van der Waals surface area contributed by atoms with Crippen LogP contribution in [0.4, 0.5) is 11.5 Å². The standard InChI is InChI=1S/C18H22N4O3S/c1-4-14(16(23)21-13-9-7-6-8-11(13)3)26-18-20-10-12(15(19)22-18)17(24)25-5-2/h6-10,14H,4-5H2,1-3H3,(H,21,23)(H2,19,20,22)/t14-/m1/s1. The first-order valence-electron chi connectivity index (χ1n) is 8.29. The van der Waals surface area contributed by atoms with Crippen LogP contribution in [0.5, 0.6) is 0 Å². The Kier molecular flexibility index (Phi) is 6.97. The number of anilines is 2. The lowest BCUT2D eigenvalue weighted by Gasteiger charge is -2.15. The van der Waals surface area contributed by atoms with Crippen LogP contribution < -0.4 is 11.1 Å². The van der Waals surface area contributed by atoms with E-state index in [-0.39, 0.29) is 29.1 Å². The second-order valence-corrected chi connectivity index (χ2v) is 6.66. The minimum atomic E-state index is -0.564. The van der Waals surface area contributed by atoms with Crippen molar-refractivity contribution in [2.45, 2.75) is 37.6 Å². The lowest BCUT2D eigenvalue weighted by Crippen LogP contribution is -2.25. The monoisotopic (exact) mass is 374 g/mol. The van der Waals surface area contributed by atoms with Crippen LogP contribution in [-0.2, 0) is 9.53 Å². The summed E-state index contributed by atoms with van der Waals surface area (Å²) in [6, 6.07) is 7.57.